The molecule has 1 aromatic rings. The van der Waals surface area contributed by atoms with Gasteiger partial charge in [0, 0.05) is 11.6 Å². The first-order chi connectivity index (χ1) is 9.02. The summed E-state index contributed by atoms with van der Waals surface area (Å²) in [5.41, 5.74) is 0.442. The van der Waals surface area contributed by atoms with Gasteiger partial charge in [-0.1, -0.05) is 36.5 Å². The van der Waals surface area contributed by atoms with Crippen LogP contribution in [-0.2, 0) is 9.59 Å². The van der Waals surface area contributed by atoms with Gasteiger partial charge in [-0.2, -0.15) is 0 Å². The van der Waals surface area contributed by atoms with Crippen LogP contribution in [0.4, 0.5) is 5.69 Å². The lowest BCUT2D eigenvalue weighted by atomic mass is 10.3. The number of rotatable bonds is 6. The molecule has 0 radical (unpaired) electrons. The zero-order valence-electron chi connectivity index (χ0n) is 10.6. The number of carbonyl (C=O) groups excluding carboxylic acids is 2. The Balaban J connectivity index is 2.44. The van der Waals surface area contributed by atoms with E-state index in [4.69, 9.17) is 23.2 Å². The molecule has 104 valence electrons. The van der Waals surface area contributed by atoms with Crippen molar-refractivity contribution in [2.45, 2.75) is 26.2 Å². The van der Waals surface area contributed by atoms with E-state index in [0.717, 1.165) is 12.8 Å². The van der Waals surface area contributed by atoms with Gasteiger partial charge >= 0.3 is 0 Å². The first-order valence-corrected chi connectivity index (χ1v) is 6.80. The van der Waals surface area contributed by atoms with E-state index in [-0.39, 0.29) is 12.3 Å². The fraction of sp³-hybridized carbons (Fsp3) is 0.385. The summed E-state index contributed by atoms with van der Waals surface area (Å²) in [6, 6.07) is 4.74. The second-order valence-corrected chi connectivity index (χ2v) is 4.90. The summed E-state index contributed by atoms with van der Waals surface area (Å²) in [5.74, 6) is -0.700. The van der Waals surface area contributed by atoms with Gasteiger partial charge in [-0.05, 0) is 24.6 Å². The number of unbranched alkanes of at least 4 members (excludes halogenated alkanes) is 1. The highest BCUT2D eigenvalue weighted by Gasteiger charge is 2.10. The van der Waals surface area contributed by atoms with Crippen molar-refractivity contribution in [3.8, 4) is 0 Å². The summed E-state index contributed by atoms with van der Waals surface area (Å²) in [6.07, 6.45) is 1.67. The van der Waals surface area contributed by atoms with E-state index < -0.39 is 5.91 Å². The van der Waals surface area contributed by atoms with E-state index in [1.165, 1.54) is 6.07 Å². The molecular formula is C13H16Cl2N2O2. The van der Waals surface area contributed by atoms with Crippen molar-refractivity contribution in [3.63, 3.8) is 0 Å². The van der Waals surface area contributed by atoms with E-state index >= 15 is 0 Å². The minimum absolute atomic E-state index is 0.220. The monoisotopic (exact) mass is 302 g/mol. The van der Waals surface area contributed by atoms with Crippen molar-refractivity contribution in [2.75, 3.05) is 11.9 Å². The third-order valence-electron chi connectivity index (χ3n) is 2.38. The Morgan fingerprint density at radius 1 is 1.21 bits per heavy atom. The summed E-state index contributed by atoms with van der Waals surface area (Å²) in [4.78, 5) is 23.1. The largest absolute Gasteiger partial charge is 0.356 e. The van der Waals surface area contributed by atoms with Crippen LogP contribution in [-0.4, -0.2) is 18.4 Å². The highest BCUT2D eigenvalue weighted by atomic mass is 35.5. The van der Waals surface area contributed by atoms with Gasteiger partial charge in [0.2, 0.25) is 11.8 Å². The standard InChI is InChI=1S/C13H16Cl2N2O2/c1-2-3-6-16-12(18)8-13(19)17-11-5-4-9(14)7-10(11)15/h4-5,7H,2-3,6,8H2,1H3,(H,16,18)(H,17,19). The third kappa shape index (κ3) is 5.94. The molecule has 0 aromatic heterocycles. The van der Waals surface area contributed by atoms with Gasteiger partial charge in [0.25, 0.3) is 0 Å². The second kappa shape index (κ2) is 8.02. The molecule has 0 atom stereocenters. The first-order valence-electron chi connectivity index (χ1n) is 6.04. The first kappa shape index (κ1) is 15.8. The van der Waals surface area contributed by atoms with E-state index in [0.29, 0.717) is 22.3 Å². The molecule has 0 unspecified atom stereocenters. The van der Waals surface area contributed by atoms with Gasteiger partial charge in [-0.15, -0.1) is 0 Å². The van der Waals surface area contributed by atoms with Crippen LogP contribution in [0.2, 0.25) is 10.0 Å². The summed E-state index contributed by atoms with van der Waals surface area (Å²) in [6.45, 7) is 2.62. The molecule has 2 N–H and O–H groups in total. The van der Waals surface area contributed by atoms with Crippen LogP contribution < -0.4 is 10.6 Å². The van der Waals surface area contributed by atoms with Crippen LogP contribution in [0.5, 0.6) is 0 Å². The molecule has 2 amide bonds. The number of anilines is 1. The molecule has 0 aliphatic rings. The Kier molecular flexibility index (Phi) is 6.67. The summed E-state index contributed by atoms with van der Waals surface area (Å²) in [7, 11) is 0. The Morgan fingerprint density at radius 2 is 1.95 bits per heavy atom. The van der Waals surface area contributed by atoms with Crippen molar-refractivity contribution in [1.82, 2.24) is 5.32 Å². The summed E-state index contributed by atoms with van der Waals surface area (Å²) >= 11 is 11.7. The number of benzene rings is 1. The van der Waals surface area contributed by atoms with Crippen molar-refractivity contribution in [1.29, 1.82) is 0 Å². The predicted molar refractivity (Wildman–Crippen MR) is 77.6 cm³/mol. The maximum atomic E-state index is 11.6. The molecule has 4 nitrogen and oxygen atoms in total. The van der Waals surface area contributed by atoms with Crippen LogP contribution in [0.3, 0.4) is 0 Å². The number of hydrogen-bond donors (Lipinski definition) is 2. The number of amides is 2. The van der Waals surface area contributed by atoms with Crippen LogP contribution in [0.25, 0.3) is 0 Å². The van der Waals surface area contributed by atoms with Crippen LogP contribution >= 0.6 is 23.2 Å². The molecule has 1 aromatic carbocycles. The molecule has 0 aliphatic carbocycles. The molecule has 19 heavy (non-hydrogen) atoms. The van der Waals surface area contributed by atoms with Gasteiger partial charge in [-0.3, -0.25) is 9.59 Å². The number of halogens is 2. The van der Waals surface area contributed by atoms with Gasteiger partial charge in [0.1, 0.15) is 6.42 Å². The number of hydrogen-bond acceptors (Lipinski definition) is 2. The van der Waals surface area contributed by atoms with Gasteiger partial charge in [0.05, 0.1) is 10.7 Å². The van der Waals surface area contributed by atoms with E-state index in [1.807, 2.05) is 6.92 Å². The number of carbonyl (C=O) groups is 2. The molecule has 1 rings (SSSR count). The summed E-state index contributed by atoms with van der Waals surface area (Å²) < 4.78 is 0. The van der Waals surface area contributed by atoms with Gasteiger partial charge in [0.15, 0.2) is 0 Å². The lowest BCUT2D eigenvalue weighted by Gasteiger charge is -2.08. The Bertz CT molecular complexity index is 464. The molecule has 0 bridgehead atoms. The fourth-order valence-corrected chi connectivity index (χ4v) is 1.85. The average Bonchev–Trinajstić information content (AvgIpc) is 2.33. The van der Waals surface area contributed by atoms with Gasteiger partial charge in [-0.25, -0.2) is 0 Å². The maximum Gasteiger partial charge on any atom is 0.233 e. The Hall–Kier alpha value is -1.26. The van der Waals surface area contributed by atoms with E-state index in [2.05, 4.69) is 10.6 Å². The SMILES string of the molecule is CCCCNC(=O)CC(=O)Nc1ccc(Cl)cc1Cl. The molecular weight excluding hydrogens is 287 g/mol. The van der Waals surface area contributed by atoms with Crippen LogP contribution in [0.1, 0.15) is 26.2 Å². The Labute approximate surface area is 122 Å². The lowest BCUT2D eigenvalue weighted by Crippen LogP contribution is -2.28. The maximum absolute atomic E-state index is 11.6. The fourth-order valence-electron chi connectivity index (χ4n) is 1.40. The highest BCUT2D eigenvalue weighted by molar-refractivity contribution is 6.36. The minimum atomic E-state index is -0.404. The quantitative estimate of drug-likeness (QED) is 0.626. The lowest BCUT2D eigenvalue weighted by molar-refractivity contribution is -0.126. The third-order valence-corrected chi connectivity index (χ3v) is 2.93. The molecule has 0 saturated heterocycles. The van der Waals surface area contributed by atoms with E-state index in [9.17, 15) is 9.59 Å². The topological polar surface area (TPSA) is 58.2 Å². The van der Waals surface area contributed by atoms with Crippen LogP contribution in [0, 0.1) is 0 Å². The van der Waals surface area contributed by atoms with Crippen molar-refractivity contribution in [3.05, 3.63) is 28.2 Å². The highest BCUT2D eigenvalue weighted by Crippen LogP contribution is 2.25. The zero-order valence-corrected chi connectivity index (χ0v) is 12.1. The second-order valence-electron chi connectivity index (χ2n) is 4.05. The van der Waals surface area contributed by atoms with Crippen molar-refractivity contribution < 1.29 is 9.59 Å². The molecule has 0 heterocycles. The molecule has 0 spiro atoms. The number of nitrogens with one attached hydrogen (secondary N) is 2. The van der Waals surface area contributed by atoms with Crippen molar-refractivity contribution in [2.24, 2.45) is 0 Å². The molecule has 0 fully saturated rings. The molecule has 0 aliphatic heterocycles. The normalized spacial score (nSPS) is 10.1. The van der Waals surface area contributed by atoms with Crippen LogP contribution in [0.15, 0.2) is 18.2 Å². The van der Waals surface area contributed by atoms with E-state index in [1.54, 1.807) is 12.1 Å². The van der Waals surface area contributed by atoms with Crippen molar-refractivity contribution >= 4 is 40.7 Å². The van der Waals surface area contributed by atoms with Gasteiger partial charge < -0.3 is 10.6 Å². The molecule has 0 saturated carbocycles. The summed E-state index contributed by atoms with van der Waals surface area (Å²) in [5, 5.41) is 6.06. The predicted octanol–water partition coefficient (Wildman–Crippen LogP) is 3.24. The average molecular weight is 303 g/mol. The Morgan fingerprint density at radius 3 is 2.58 bits per heavy atom. The zero-order chi connectivity index (χ0) is 14.3. The smallest absolute Gasteiger partial charge is 0.233 e. The molecule has 6 heteroatoms. The minimum Gasteiger partial charge on any atom is -0.356 e.